The van der Waals surface area contributed by atoms with Crippen LogP contribution in [0.5, 0.6) is 0 Å². The molecule has 0 radical (unpaired) electrons. The number of amides is 1. The van der Waals surface area contributed by atoms with Gasteiger partial charge in [-0.3, -0.25) is 0 Å². The quantitative estimate of drug-likeness (QED) is 0.829. The zero-order chi connectivity index (χ0) is 16.0. The fourth-order valence-corrected chi connectivity index (χ4v) is 2.50. The molecule has 0 bridgehead atoms. The molecule has 1 aromatic heterocycles. The van der Waals surface area contributed by atoms with E-state index >= 15 is 0 Å². The van der Waals surface area contributed by atoms with E-state index in [-0.39, 0.29) is 5.75 Å². The highest BCUT2D eigenvalue weighted by molar-refractivity contribution is 7.98. The first-order chi connectivity index (χ1) is 9.69. The first-order valence-electron chi connectivity index (χ1n) is 6.44. The molecule has 1 atom stereocenters. The number of thioether (sulfide) groups is 1. The lowest BCUT2D eigenvalue weighted by molar-refractivity contribution is -0.138. The normalized spacial score (nSPS) is 12.8. The number of rotatable bonds is 6. The molecule has 0 aliphatic carbocycles. The van der Waals surface area contributed by atoms with Gasteiger partial charge in [-0.2, -0.15) is 11.8 Å². The second kappa shape index (κ2) is 7.35. The third-order valence-electron chi connectivity index (χ3n) is 2.44. The molecule has 21 heavy (non-hydrogen) atoms. The van der Waals surface area contributed by atoms with Crippen molar-refractivity contribution in [3.05, 3.63) is 18.2 Å². The summed E-state index contributed by atoms with van der Waals surface area (Å²) in [7, 11) is 1.87. The molecule has 0 aliphatic rings. The maximum Gasteiger partial charge on any atom is 0.408 e. The minimum Gasteiger partial charge on any atom is -0.480 e. The Balaban J connectivity index is 2.45. The molecule has 0 aromatic carbocycles. The summed E-state index contributed by atoms with van der Waals surface area (Å²) in [4.78, 5) is 26.7. The minimum absolute atomic E-state index is 0.250. The topological polar surface area (TPSA) is 93.5 Å². The number of nitrogens with one attached hydrogen (secondary N) is 1. The summed E-state index contributed by atoms with van der Waals surface area (Å²) in [6.07, 6.45) is 2.68. The molecular weight excluding hydrogens is 294 g/mol. The van der Waals surface area contributed by atoms with Gasteiger partial charge in [0.2, 0.25) is 0 Å². The van der Waals surface area contributed by atoms with Crippen LogP contribution in [0.3, 0.4) is 0 Å². The van der Waals surface area contributed by atoms with E-state index in [1.54, 1.807) is 33.3 Å². The highest BCUT2D eigenvalue weighted by Gasteiger charge is 2.23. The number of aliphatic carboxylic acids is 1. The second-order valence-corrected chi connectivity index (χ2v) is 6.58. The zero-order valence-corrected chi connectivity index (χ0v) is 13.4. The number of imidazole rings is 1. The molecule has 1 aromatic rings. The molecule has 2 N–H and O–H groups in total. The van der Waals surface area contributed by atoms with Gasteiger partial charge in [-0.1, -0.05) is 0 Å². The summed E-state index contributed by atoms with van der Waals surface area (Å²) in [5.41, 5.74) is 0.330. The number of nitrogens with zero attached hydrogens (tertiary/aromatic N) is 2. The van der Waals surface area contributed by atoms with Crippen LogP contribution in [-0.4, -0.2) is 44.1 Å². The first kappa shape index (κ1) is 17.4. The smallest absolute Gasteiger partial charge is 0.408 e. The van der Waals surface area contributed by atoms with Crippen molar-refractivity contribution in [2.24, 2.45) is 7.05 Å². The van der Waals surface area contributed by atoms with E-state index < -0.39 is 23.7 Å². The van der Waals surface area contributed by atoms with Gasteiger partial charge in [-0.15, -0.1) is 0 Å². The van der Waals surface area contributed by atoms with Crippen molar-refractivity contribution in [2.45, 2.75) is 38.2 Å². The molecule has 0 aliphatic heterocycles. The van der Waals surface area contributed by atoms with Crippen molar-refractivity contribution >= 4 is 23.8 Å². The van der Waals surface area contributed by atoms with Crippen LogP contribution in [-0.2, 0) is 22.3 Å². The Hall–Kier alpha value is -1.70. The van der Waals surface area contributed by atoms with Gasteiger partial charge in [-0.05, 0) is 20.8 Å². The van der Waals surface area contributed by atoms with E-state index in [4.69, 9.17) is 9.84 Å². The molecule has 7 nitrogen and oxygen atoms in total. The Morgan fingerprint density at radius 3 is 2.67 bits per heavy atom. The van der Waals surface area contributed by atoms with Crippen molar-refractivity contribution in [1.82, 2.24) is 14.9 Å². The van der Waals surface area contributed by atoms with E-state index in [1.807, 2.05) is 11.6 Å². The number of carbonyl (C=O) groups is 2. The number of aryl methyl sites for hydroxylation is 1. The Kier molecular flexibility index (Phi) is 6.07. The Morgan fingerprint density at radius 1 is 1.52 bits per heavy atom. The van der Waals surface area contributed by atoms with Crippen molar-refractivity contribution in [2.75, 3.05) is 5.75 Å². The van der Waals surface area contributed by atoms with Crippen molar-refractivity contribution in [1.29, 1.82) is 0 Å². The lowest BCUT2D eigenvalue weighted by Gasteiger charge is -2.21. The molecule has 0 spiro atoms. The Morgan fingerprint density at radius 2 is 2.19 bits per heavy atom. The fraction of sp³-hybridized carbons (Fsp3) is 0.615. The number of aromatic nitrogens is 2. The number of hydrogen-bond donors (Lipinski definition) is 2. The van der Waals surface area contributed by atoms with Gasteiger partial charge in [0.05, 0.1) is 6.33 Å². The standard InChI is InChI=1S/C13H21N3O4S/c1-13(2,3)20-12(19)15-10(11(17)18)7-21-6-9-5-14-8-16(9)4/h5,8,10H,6-7H2,1-4H3,(H,15,19)(H,17,18). The predicted octanol–water partition coefficient (Wildman–Crippen LogP) is 1.63. The first-order valence-corrected chi connectivity index (χ1v) is 7.60. The summed E-state index contributed by atoms with van der Waals surface area (Å²) in [5, 5.41) is 11.5. The van der Waals surface area contributed by atoms with Gasteiger partial charge in [0.15, 0.2) is 0 Å². The predicted molar refractivity (Wildman–Crippen MR) is 80.2 cm³/mol. The van der Waals surface area contributed by atoms with E-state index in [0.717, 1.165) is 5.69 Å². The molecular formula is C13H21N3O4S. The molecule has 1 heterocycles. The van der Waals surface area contributed by atoms with E-state index in [2.05, 4.69) is 10.3 Å². The van der Waals surface area contributed by atoms with Crippen LogP contribution in [0.4, 0.5) is 4.79 Å². The van der Waals surface area contributed by atoms with Crippen molar-refractivity contribution < 1.29 is 19.4 Å². The molecule has 8 heteroatoms. The lowest BCUT2D eigenvalue weighted by atomic mass is 10.2. The highest BCUT2D eigenvalue weighted by Crippen LogP contribution is 2.13. The number of carboxylic acid groups (broad SMARTS) is 1. The van der Waals surface area contributed by atoms with Crippen LogP contribution in [0.1, 0.15) is 26.5 Å². The van der Waals surface area contributed by atoms with Gasteiger partial charge in [-0.25, -0.2) is 14.6 Å². The van der Waals surface area contributed by atoms with E-state index in [9.17, 15) is 9.59 Å². The maximum absolute atomic E-state index is 11.6. The fourth-order valence-electron chi connectivity index (χ4n) is 1.43. The summed E-state index contributed by atoms with van der Waals surface area (Å²) in [6.45, 7) is 5.17. The highest BCUT2D eigenvalue weighted by atomic mass is 32.2. The van der Waals surface area contributed by atoms with E-state index in [0.29, 0.717) is 5.75 Å². The summed E-state index contributed by atoms with van der Waals surface area (Å²) in [6, 6.07) is -0.988. The SMILES string of the molecule is Cn1cncc1CSCC(NC(=O)OC(C)(C)C)C(=O)O. The summed E-state index contributed by atoms with van der Waals surface area (Å²) < 4.78 is 6.92. The van der Waals surface area contributed by atoms with Crippen molar-refractivity contribution in [3.8, 4) is 0 Å². The monoisotopic (exact) mass is 315 g/mol. The van der Waals surface area contributed by atoms with Crippen LogP contribution in [0.2, 0.25) is 0 Å². The van der Waals surface area contributed by atoms with Crippen LogP contribution in [0.25, 0.3) is 0 Å². The largest absolute Gasteiger partial charge is 0.480 e. The van der Waals surface area contributed by atoms with Crippen LogP contribution in [0, 0.1) is 0 Å². The van der Waals surface area contributed by atoms with Crippen LogP contribution in [0.15, 0.2) is 12.5 Å². The van der Waals surface area contributed by atoms with Gasteiger partial charge >= 0.3 is 12.1 Å². The Labute approximate surface area is 128 Å². The molecule has 0 fully saturated rings. The average Bonchev–Trinajstić information content (AvgIpc) is 2.71. The minimum atomic E-state index is -1.08. The third-order valence-corrected chi connectivity index (χ3v) is 3.51. The zero-order valence-electron chi connectivity index (χ0n) is 12.6. The average molecular weight is 315 g/mol. The number of hydrogen-bond acceptors (Lipinski definition) is 5. The van der Waals surface area contributed by atoms with Gasteiger partial charge in [0.25, 0.3) is 0 Å². The maximum atomic E-state index is 11.6. The van der Waals surface area contributed by atoms with Crippen LogP contribution < -0.4 is 5.32 Å². The molecule has 118 valence electrons. The number of carbonyl (C=O) groups excluding carboxylic acids is 1. The molecule has 0 saturated heterocycles. The number of ether oxygens (including phenoxy) is 1. The number of carboxylic acids is 1. The molecule has 1 rings (SSSR count). The molecule has 0 saturated carbocycles. The van der Waals surface area contributed by atoms with E-state index in [1.165, 1.54) is 11.8 Å². The summed E-state index contributed by atoms with van der Waals surface area (Å²) in [5.74, 6) is -0.214. The van der Waals surface area contributed by atoms with Crippen LogP contribution >= 0.6 is 11.8 Å². The van der Waals surface area contributed by atoms with Crippen molar-refractivity contribution in [3.63, 3.8) is 0 Å². The van der Waals surface area contributed by atoms with Gasteiger partial charge < -0.3 is 19.7 Å². The Bertz CT molecular complexity index is 496. The lowest BCUT2D eigenvalue weighted by Crippen LogP contribution is -2.44. The molecule has 1 amide bonds. The van der Waals surface area contributed by atoms with Gasteiger partial charge in [0.1, 0.15) is 11.6 Å². The summed E-state index contributed by atoms with van der Waals surface area (Å²) >= 11 is 1.41. The second-order valence-electron chi connectivity index (χ2n) is 5.55. The van der Waals surface area contributed by atoms with Gasteiger partial charge in [0, 0.05) is 30.4 Å². The number of alkyl carbamates (subject to hydrolysis) is 1. The third kappa shape index (κ3) is 6.52. The molecule has 1 unspecified atom stereocenters.